The Morgan fingerprint density at radius 1 is 1.24 bits per heavy atom. The van der Waals surface area contributed by atoms with E-state index in [1.807, 2.05) is 18.2 Å². The van der Waals surface area contributed by atoms with Crippen LogP contribution in [-0.2, 0) is 0 Å². The molecular formula is C16H26N4O. The van der Waals surface area contributed by atoms with Crippen molar-refractivity contribution in [1.29, 1.82) is 0 Å². The molecule has 4 N–H and O–H groups in total. The van der Waals surface area contributed by atoms with Gasteiger partial charge in [-0.3, -0.25) is 0 Å². The molecule has 1 aromatic carbocycles. The van der Waals surface area contributed by atoms with Gasteiger partial charge in [0.2, 0.25) is 0 Å². The number of hydrogen-bond donors (Lipinski definition) is 3. The molecule has 1 aliphatic heterocycles. The highest BCUT2D eigenvalue weighted by Crippen LogP contribution is 2.16. The Morgan fingerprint density at radius 3 is 2.62 bits per heavy atom. The SMILES string of the molecule is NC(CC(NCCN1CCCCC1)c1ccccc1)=NO. The van der Waals surface area contributed by atoms with Gasteiger partial charge in [-0.2, -0.15) is 0 Å². The molecule has 1 saturated heterocycles. The van der Waals surface area contributed by atoms with Crippen LogP contribution in [0.1, 0.15) is 37.3 Å². The first-order valence-electron chi connectivity index (χ1n) is 7.76. The van der Waals surface area contributed by atoms with E-state index in [-0.39, 0.29) is 11.9 Å². The smallest absolute Gasteiger partial charge is 0.141 e. The number of piperidine rings is 1. The highest BCUT2D eigenvalue weighted by atomic mass is 16.4. The number of nitrogens with two attached hydrogens (primary N) is 1. The molecule has 21 heavy (non-hydrogen) atoms. The molecule has 0 aromatic heterocycles. The Hall–Kier alpha value is -1.59. The molecule has 1 aliphatic rings. The third kappa shape index (κ3) is 5.36. The fraction of sp³-hybridized carbons (Fsp3) is 0.562. The van der Waals surface area contributed by atoms with Crippen molar-refractivity contribution >= 4 is 5.84 Å². The van der Waals surface area contributed by atoms with Crippen molar-refractivity contribution in [2.24, 2.45) is 10.9 Å². The highest BCUT2D eigenvalue weighted by molar-refractivity contribution is 5.80. The topological polar surface area (TPSA) is 73.9 Å². The Kier molecular flexibility index (Phi) is 6.50. The maximum Gasteiger partial charge on any atom is 0.141 e. The Balaban J connectivity index is 1.86. The second kappa shape index (κ2) is 8.64. The molecule has 0 bridgehead atoms. The Labute approximate surface area is 126 Å². The number of amidine groups is 1. The predicted octanol–water partition coefficient (Wildman–Crippen LogP) is 1.94. The van der Waals surface area contributed by atoms with Gasteiger partial charge < -0.3 is 21.2 Å². The van der Waals surface area contributed by atoms with E-state index < -0.39 is 0 Å². The van der Waals surface area contributed by atoms with Crippen LogP contribution < -0.4 is 11.1 Å². The zero-order chi connectivity index (χ0) is 14.9. The second-order valence-corrected chi connectivity index (χ2v) is 5.62. The van der Waals surface area contributed by atoms with Gasteiger partial charge in [-0.1, -0.05) is 41.9 Å². The van der Waals surface area contributed by atoms with Gasteiger partial charge in [-0.25, -0.2) is 0 Å². The maximum atomic E-state index is 8.79. The van der Waals surface area contributed by atoms with Gasteiger partial charge in [-0.15, -0.1) is 0 Å². The number of likely N-dealkylation sites (tertiary alicyclic amines) is 1. The fourth-order valence-electron chi connectivity index (χ4n) is 2.82. The van der Waals surface area contributed by atoms with E-state index in [4.69, 9.17) is 10.9 Å². The lowest BCUT2D eigenvalue weighted by Crippen LogP contribution is -2.37. The van der Waals surface area contributed by atoms with Crippen molar-refractivity contribution in [2.45, 2.75) is 31.7 Å². The normalized spacial score (nSPS) is 18.6. The van der Waals surface area contributed by atoms with Crippen LogP contribution in [0, 0.1) is 0 Å². The number of hydrogen-bond acceptors (Lipinski definition) is 4. The second-order valence-electron chi connectivity index (χ2n) is 5.62. The predicted molar refractivity (Wildman–Crippen MR) is 85.5 cm³/mol. The van der Waals surface area contributed by atoms with Crippen LogP contribution in [0.3, 0.4) is 0 Å². The molecule has 1 fully saturated rings. The first-order valence-corrected chi connectivity index (χ1v) is 7.76. The summed E-state index contributed by atoms with van der Waals surface area (Å²) in [5.41, 5.74) is 6.84. The molecule has 0 aliphatic carbocycles. The molecule has 1 unspecified atom stereocenters. The number of benzene rings is 1. The van der Waals surface area contributed by atoms with Gasteiger partial charge in [0.1, 0.15) is 5.84 Å². The lowest BCUT2D eigenvalue weighted by Gasteiger charge is -2.27. The lowest BCUT2D eigenvalue weighted by molar-refractivity contribution is 0.226. The van der Waals surface area contributed by atoms with Gasteiger partial charge in [0.15, 0.2) is 0 Å². The third-order valence-corrected chi connectivity index (χ3v) is 4.01. The maximum absolute atomic E-state index is 8.79. The molecule has 1 heterocycles. The van der Waals surface area contributed by atoms with E-state index in [2.05, 4.69) is 27.5 Å². The van der Waals surface area contributed by atoms with Crippen molar-refractivity contribution in [3.63, 3.8) is 0 Å². The van der Waals surface area contributed by atoms with E-state index >= 15 is 0 Å². The minimum absolute atomic E-state index is 0.0897. The standard InChI is InChI=1S/C16H26N4O/c17-16(19-21)13-15(14-7-3-1-4-8-14)18-9-12-20-10-5-2-6-11-20/h1,3-4,7-8,15,18,21H,2,5-6,9-13H2,(H2,17,19). The summed E-state index contributed by atoms with van der Waals surface area (Å²) < 4.78 is 0. The molecule has 5 heteroatoms. The molecule has 0 radical (unpaired) electrons. The average molecular weight is 290 g/mol. The lowest BCUT2D eigenvalue weighted by atomic mass is 10.0. The molecule has 1 aromatic rings. The Bertz CT molecular complexity index is 429. The summed E-state index contributed by atoms with van der Waals surface area (Å²) in [4.78, 5) is 2.50. The minimum atomic E-state index is 0.0897. The summed E-state index contributed by atoms with van der Waals surface area (Å²) in [5, 5.41) is 15.4. The van der Waals surface area contributed by atoms with E-state index in [1.165, 1.54) is 37.9 Å². The zero-order valence-electron chi connectivity index (χ0n) is 12.5. The first-order chi connectivity index (χ1) is 10.3. The quantitative estimate of drug-likeness (QED) is 0.310. The van der Waals surface area contributed by atoms with E-state index in [0.29, 0.717) is 6.42 Å². The molecule has 2 rings (SSSR count). The van der Waals surface area contributed by atoms with E-state index in [9.17, 15) is 0 Å². The van der Waals surface area contributed by atoms with E-state index in [0.717, 1.165) is 13.1 Å². The summed E-state index contributed by atoms with van der Waals surface area (Å²) in [6.07, 6.45) is 4.50. The highest BCUT2D eigenvalue weighted by Gasteiger charge is 2.14. The van der Waals surface area contributed by atoms with E-state index in [1.54, 1.807) is 0 Å². The number of nitrogens with one attached hydrogen (secondary N) is 1. The van der Waals surface area contributed by atoms with Crippen LogP contribution in [-0.4, -0.2) is 42.1 Å². The minimum Gasteiger partial charge on any atom is -0.409 e. The molecule has 0 amide bonds. The van der Waals surface area contributed by atoms with Crippen LogP contribution in [0.4, 0.5) is 0 Å². The number of rotatable bonds is 7. The van der Waals surface area contributed by atoms with Crippen LogP contribution >= 0.6 is 0 Å². The fourth-order valence-corrected chi connectivity index (χ4v) is 2.82. The zero-order valence-corrected chi connectivity index (χ0v) is 12.5. The summed E-state index contributed by atoms with van der Waals surface area (Å²) in [7, 11) is 0. The molecule has 116 valence electrons. The number of oxime groups is 1. The van der Waals surface area contributed by atoms with Gasteiger partial charge >= 0.3 is 0 Å². The van der Waals surface area contributed by atoms with Crippen LogP contribution in [0.25, 0.3) is 0 Å². The first kappa shape index (κ1) is 15.8. The summed E-state index contributed by atoms with van der Waals surface area (Å²) >= 11 is 0. The van der Waals surface area contributed by atoms with Crippen molar-refractivity contribution in [2.75, 3.05) is 26.2 Å². The van der Waals surface area contributed by atoms with Crippen molar-refractivity contribution in [1.82, 2.24) is 10.2 Å². The average Bonchev–Trinajstić information content (AvgIpc) is 2.55. The van der Waals surface area contributed by atoms with Gasteiger partial charge in [-0.05, 0) is 31.5 Å². The summed E-state index contributed by atoms with van der Waals surface area (Å²) in [6, 6.07) is 10.3. The van der Waals surface area contributed by atoms with Gasteiger partial charge in [0, 0.05) is 25.6 Å². The summed E-state index contributed by atoms with van der Waals surface area (Å²) in [6.45, 7) is 4.38. The third-order valence-electron chi connectivity index (χ3n) is 4.01. The molecule has 1 atom stereocenters. The van der Waals surface area contributed by atoms with Gasteiger partial charge in [0.05, 0.1) is 0 Å². The van der Waals surface area contributed by atoms with Crippen molar-refractivity contribution in [3.05, 3.63) is 35.9 Å². The van der Waals surface area contributed by atoms with Crippen molar-refractivity contribution in [3.8, 4) is 0 Å². The van der Waals surface area contributed by atoms with Crippen LogP contribution in [0.5, 0.6) is 0 Å². The largest absolute Gasteiger partial charge is 0.409 e. The molecule has 5 nitrogen and oxygen atoms in total. The van der Waals surface area contributed by atoms with Gasteiger partial charge in [0.25, 0.3) is 0 Å². The molecule has 0 saturated carbocycles. The van der Waals surface area contributed by atoms with Crippen molar-refractivity contribution < 1.29 is 5.21 Å². The monoisotopic (exact) mass is 290 g/mol. The molecular weight excluding hydrogens is 264 g/mol. The Morgan fingerprint density at radius 2 is 1.95 bits per heavy atom. The van der Waals surface area contributed by atoms with Crippen LogP contribution in [0.2, 0.25) is 0 Å². The number of nitrogens with zero attached hydrogens (tertiary/aromatic N) is 2. The van der Waals surface area contributed by atoms with Crippen LogP contribution in [0.15, 0.2) is 35.5 Å². The summed E-state index contributed by atoms with van der Waals surface area (Å²) in [5.74, 6) is 0.259. The molecule has 0 spiro atoms.